The number of benzene rings is 2. The van der Waals surface area contributed by atoms with Crippen LogP contribution in [0.4, 0.5) is 0 Å². The number of carbonyl (C=O) groups excluding carboxylic acids is 2. The van der Waals surface area contributed by atoms with Crippen molar-refractivity contribution in [2.75, 3.05) is 13.7 Å². The Morgan fingerprint density at radius 3 is 2.37 bits per heavy atom. The number of nitrogens with one attached hydrogen (secondary N) is 3. The first-order valence-electron chi connectivity index (χ1n) is 7.97. The van der Waals surface area contributed by atoms with Crippen LogP contribution in [0.3, 0.4) is 0 Å². The summed E-state index contributed by atoms with van der Waals surface area (Å²) in [6.45, 7) is -0.252. The largest absolute Gasteiger partial charge is 0.493 e. The SMILES string of the molecule is COc1ccccc1OCC(=O)NNC(=S)NC(=O)C=Cc1ccccc1. The van der Waals surface area contributed by atoms with Crippen LogP contribution in [-0.4, -0.2) is 30.6 Å². The molecule has 0 aliphatic rings. The van der Waals surface area contributed by atoms with E-state index in [1.807, 2.05) is 30.3 Å². The van der Waals surface area contributed by atoms with E-state index in [-0.39, 0.29) is 11.7 Å². The number of para-hydroxylation sites is 2. The molecule has 0 unspecified atom stereocenters. The van der Waals surface area contributed by atoms with Crippen molar-refractivity contribution < 1.29 is 19.1 Å². The van der Waals surface area contributed by atoms with Crippen molar-refractivity contribution in [3.63, 3.8) is 0 Å². The van der Waals surface area contributed by atoms with Crippen LogP contribution in [0.5, 0.6) is 11.5 Å². The Hall–Kier alpha value is -3.39. The van der Waals surface area contributed by atoms with Crippen molar-refractivity contribution in [1.82, 2.24) is 16.2 Å². The third-order valence-corrected chi connectivity index (χ3v) is 3.41. The van der Waals surface area contributed by atoms with Crippen LogP contribution < -0.4 is 25.6 Å². The molecule has 7 nitrogen and oxygen atoms in total. The molecule has 0 aliphatic heterocycles. The highest BCUT2D eigenvalue weighted by Crippen LogP contribution is 2.25. The minimum atomic E-state index is -0.475. The van der Waals surface area contributed by atoms with Gasteiger partial charge in [-0.2, -0.15) is 0 Å². The van der Waals surface area contributed by atoms with Gasteiger partial charge in [0.2, 0.25) is 5.91 Å². The molecule has 0 saturated carbocycles. The number of thiocarbonyl (C=S) groups is 1. The second kappa shape index (κ2) is 10.6. The third kappa shape index (κ3) is 7.17. The van der Waals surface area contributed by atoms with E-state index in [4.69, 9.17) is 21.7 Å². The Bertz CT molecular complexity index is 825. The number of rotatable bonds is 6. The van der Waals surface area contributed by atoms with Gasteiger partial charge in [0.15, 0.2) is 23.2 Å². The fraction of sp³-hybridized carbons (Fsp3) is 0.105. The van der Waals surface area contributed by atoms with Crippen LogP contribution in [0.15, 0.2) is 60.7 Å². The normalized spacial score (nSPS) is 10.1. The summed E-state index contributed by atoms with van der Waals surface area (Å²) in [4.78, 5) is 23.6. The van der Waals surface area contributed by atoms with Gasteiger partial charge < -0.3 is 9.47 Å². The van der Waals surface area contributed by atoms with Gasteiger partial charge in [0.05, 0.1) is 7.11 Å². The molecule has 8 heteroatoms. The van der Waals surface area contributed by atoms with Crippen LogP contribution >= 0.6 is 12.2 Å². The molecule has 0 bridgehead atoms. The summed E-state index contributed by atoms with van der Waals surface area (Å²) in [6, 6.07) is 16.3. The zero-order valence-electron chi connectivity index (χ0n) is 14.6. The van der Waals surface area contributed by atoms with Crippen LogP contribution in [-0.2, 0) is 9.59 Å². The van der Waals surface area contributed by atoms with E-state index in [9.17, 15) is 9.59 Å². The zero-order valence-corrected chi connectivity index (χ0v) is 15.4. The van der Waals surface area contributed by atoms with Gasteiger partial charge in [-0.3, -0.25) is 25.8 Å². The summed E-state index contributed by atoms with van der Waals surface area (Å²) in [5, 5.41) is 2.38. The summed E-state index contributed by atoms with van der Waals surface area (Å²) in [5.41, 5.74) is 5.65. The standard InChI is InChI=1S/C19H19N3O4S/c1-25-15-9-5-6-10-16(15)26-13-18(24)21-22-19(27)20-17(23)12-11-14-7-3-2-4-8-14/h2-12H,13H2,1H3,(H,21,24)(H2,20,22,23,27). The molecule has 2 aromatic rings. The summed E-state index contributed by atoms with van der Waals surface area (Å²) >= 11 is 4.94. The Morgan fingerprint density at radius 2 is 1.67 bits per heavy atom. The summed E-state index contributed by atoms with van der Waals surface area (Å²) in [6.07, 6.45) is 2.99. The van der Waals surface area contributed by atoms with E-state index in [1.54, 1.807) is 30.3 Å². The summed E-state index contributed by atoms with van der Waals surface area (Å²) in [5.74, 6) is 0.0662. The molecule has 0 radical (unpaired) electrons. The first-order chi connectivity index (χ1) is 13.1. The molecule has 2 aromatic carbocycles. The second-order valence-corrected chi connectivity index (χ2v) is 5.58. The van der Waals surface area contributed by atoms with Gasteiger partial charge in [0.1, 0.15) is 0 Å². The Kier molecular flexibility index (Phi) is 7.80. The predicted molar refractivity (Wildman–Crippen MR) is 106 cm³/mol. The summed E-state index contributed by atoms with van der Waals surface area (Å²) in [7, 11) is 1.51. The van der Waals surface area contributed by atoms with Gasteiger partial charge in [-0.15, -0.1) is 0 Å². The van der Waals surface area contributed by atoms with Gasteiger partial charge in [0, 0.05) is 6.08 Å². The number of ether oxygens (including phenoxy) is 2. The molecular formula is C19H19N3O4S. The first-order valence-corrected chi connectivity index (χ1v) is 8.38. The van der Waals surface area contributed by atoms with Gasteiger partial charge in [-0.25, -0.2) is 0 Å². The maximum absolute atomic E-state index is 11.8. The molecule has 0 fully saturated rings. The van der Waals surface area contributed by atoms with Gasteiger partial charge in [0.25, 0.3) is 5.91 Å². The molecule has 0 aromatic heterocycles. The molecular weight excluding hydrogens is 366 g/mol. The molecule has 3 N–H and O–H groups in total. The Labute approximate surface area is 162 Å². The van der Waals surface area contributed by atoms with E-state index in [1.165, 1.54) is 13.2 Å². The van der Waals surface area contributed by atoms with Crippen LogP contribution in [0.25, 0.3) is 6.08 Å². The third-order valence-electron chi connectivity index (χ3n) is 3.21. The van der Waals surface area contributed by atoms with E-state index in [0.29, 0.717) is 11.5 Å². The average Bonchev–Trinajstić information content (AvgIpc) is 2.70. The maximum Gasteiger partial charge on any atom is 0.276 e. The van der Waals surface area contributed by atoms with Crippen molar-refractivity contribution in [2.24, 2.45) is 0 Å². The van der Waals surface area contributed by atoms with E-state index < -0.39 is 11.8 Å². The van der Waals surface area contributed by atoms with Crippen LogP contribution in [0.2, 0.25) is 0 Å². The minimum Gasteiger partial charge on any atom is -0.493 e. The van der Waals surface area contributed by atoms with Crippen molar-refractivity contribution in [1.29, 1.82) is 0 Å². The van der Waals surface area contributed by atoms with Gasteiger partial charge in [-0.05, 0) is 36.0 Å². The van der Waals surface area contributed by atoms with Crippen molar-refractivity contribution in [2.45, 2.75) is 0 Å². The van der Waals surface area contributed by atoms with Crippen molar-refractivity contribution in [3.8, 4) is 11.5 Å². The highest BCUT2D eigenvalue weighted by molar-refractivity contribution is 7.80. The minimum absolute atomic E-state index is 0.0386. The lowest BCUT2D eigenvalue weighted by molar-refractivity contribution is -0.123. The molecule has 0 aliphatic carbocycles. The molecule has 2 rings (SSSR count). The van der Waals surface area contributed by atoms with E-state index in [0.717, 1.165) is 5.56 Å². The fourth-order valence-electron chi connectivity index (χ4n) is 1.96. The second-order valence-electron chi connectivity index (χ2n) is 5.18. The van der Waals surface area contributed by atoms with Crippen molar-refractivity contribution in [3.05, 3.63) is 66.2 Å². The van der Waals surface area contributed by atoms with Gasteiger partial charge >= 0.3 is 0 Å². The fourth-order valence-corrected chi connectivity index (χ4v) is 2.12. The van der Waals surface area contributed by atoms with Gasteiger partial charge in [-0.1, -0.05) is 42.5 Å². The lowest BCUT2D eigenvalue weighted by atomic mass is 10.2. The molecule has 0 saturated heterocycles. The highest BCUT2D eigenvalue weighted by Gasteiger charge is 2.07. The number of hydrogen-bond acceptors (Lipinski definition) is 5. The van der Waals surface area contributed by atoms with Crippen LogP contribution in [0, 0.1) is 0 Å². The molecule has 27 heavy (non-hydrogen) atoms. The van der Waals surface area contributed by atoms with Crippen molar-refractivity contribution >= 4 is 35.2 Å². The van der Waals surface area contributed by atoms with E-state index >= 15 is 0 Å². The van der Waals surface area contributed by atoms with Crippen LogP contribution in [0.1, 0.15) is 5.56 Å². The molecule has 140 valence electrons. The topological polar surface area (TPSA) is 88.7 Å². The summed E-state index contributed by atoms with van der Waals surface area (Å²) < 4.78 is 10.5. The Morgan fingerprint density at radius 1 is 1.00 bits per heavy atom. The molecule has 0 atom stereocenters. The monoisotopic (exact) mass is 385 g/mol. The lowest BCUT2D eigenvalue weighted by Gasteiger charge is -2.12. The molecule has 0 spiro atoms. The quantitative estimate of drug-likeness (QED) is 0.399. The Balaban J connectivity index is 1.70. The number of hydrogen-bond donors (Lipinski definition) is 3. The molecule has 2 amide bonds. The zero-order chi connectivity index (χ0) is 19.5. The highest BCUT2D eigenvalue weighted by atomic mass is 32.1. The number of amides is 2. The number of hydrazine groups is 1. The smallest absolute Gasteiger partial charge is 0.276 e. The predicted octanol–water partition coefficient (Wildman–Crippen LogP) is 1.81. The lowest BCUT2D eigenvalue weighted by Crippen LogP contribution is -2.49. The van der Waals surface area contributed by atoms with E-state index in [2.05, 4.69) is 16.2 Å². The average molecular weight is 385 g/mol. The first kappa shape index (κ1) is 19.9. The maximum atomic E-state index is 11.8. The number of carbonyl (C=O) groups is 2. The molecule has 0 heterocycles. The number of methoxy groups -OCH3 is 1.